The topological polar surface area (TPSA) is 93.2 Å². The summed E-state index contributed by atoms with van der Waals surface area (Å²) in [5.74, 6) is 5.33. The van der Waals surface area contributed by atoms with Gasteiger partial charge in [0.05, 0.1) is 4.92 Å². The molecule has 112 valence electrons. The lowest BCUT2D eigenvalue weighted by molar-refractivity contribution is -0.383. The number of para-hydroxylation sites is 1. The normalized spacial score (nSPS) is 12.0. The number of hydrogen-bond acceptors (Lipinski definition) is 6. The lowest BCUT2D eigenvalue weighted by Gasteiger charge is -2.15. The Bertz CT molecular complexity index is 642. The molecule has 1 aromatic heterocycles. The number of nitrogen functional groups attached to an aromatic ring is 1. The predicted molar refractivity (Wildman–Crippen MR) is 86.8 cm³/mol. The Kier molecular flexibility index (Phi) is 4.77. The SMILES string of the molecule is Cc1ccc(CC(C)Nc2cccc(NN)c2[N+](=O)[O-])s1. The van der Waals surface area contributed by atoms with Crippen molar-refractivity contribution in [1.82, 2.24) is 0 Å². The van der Waals surface area contributed by atoms with Gasteiger partial charge in [-0.05, 0) is 38.1 Å². The molecule has 0 bridgehead atoms. The largest absolute Gasteiger partial charge is 0.377 e. The number of hydrogen-bond donors (Lipinski definition) is 3. The van der Waals surface area contributed by atoms with Crippen molar-refractivity contribution in [3.8, 4) is 0 Å². The molecular formula is C14H18N4O2S. The second-order valence-electron chi connectivity index (χ2n) is 4.87. The van der Waals surface area contributed by atoms with E-state index in [-0.39, 0.29) is 11.7 Å². The summed E-state index contributed by atoms with van der Waals surface area (Å²) >= 11 is 1.74. The lowest BCUT2D eigenvalue weighted by atomic mass is 10.1. The fraction of sp³-hybridized carbons (Fsp3) is 0.286. The molecule has 2 rings (SSSR count). The van der Waals surface area contributed by atoms with E-state index in [4.69, 9.17) is 5.84 Å². The molecule has 2 aromatic rings. The first-order valence-electron chi connectivity index (χ1n) is 6.57. The summed E-state index contributed by atoms with van der Waals surface area (Å²) in [6, 6.07) is 9.24. The molecular weight excluding hydrogens is 288 g/mol. The Labute approximate surface area is 127 Å². The number of nitro groups is 1. The summed E-state index contributed by atoms with van der Waals surface area (Å²) < 4.78 is 0. The van der Waals surface area contributed by atoms with Crippen LogP contribution < -0.4 is 16.6 Å². The Hall–Kier alpha value is -2.12. The quantitative estimate of drug-likeness (QED) is 0.432. The van der Waals surface area contributed by atoms with Gasteiger partial charge in [0.15, 0.2) is 0 Å². The van der Waals surface area contributed by atoms with Crippen molar-refractivity contribution in [2.24, 2.45) is 5.84 Å². The molecule has 1 heterocycles. The molecule has 0 aliphatic heterocycles. The fourth-order valence-electron chi connectivity index (χ4n) is 2.19. The van der Waals surface area contributed by atoms with E-state index in [0.29, 0.717) is 11.4 Å². The molecule has 0 amide bonds. The second kappa shape index (κ2) is 6.55. The average Bonchev–Trinajstić information content (AvgIpc) is 2.83. The summed E-state index contributed by atoms with van der Waals surface area (Å²) in [6.07, 6.45) is 0.815. The van der Waals surface area contributed by atoms with Gasteiger partial charge in [-0.15, -0.1) is 11.3 Å². The van der Waals surface area contributed by atoms with E-state index >= 15 is 0 Å². The van der Waals surface area contributed by atoms with Crippen molar-refractivity contribution >= 4 is 28.4 Å². The Balaban J connectivity index is 2.17. The summed E-state index contributed by atoms with van der Waals surface area (Å²) in [6.45, 7) is 4.06. The van der Waals surface area contributed by atoms with Crippen molar-refractivity contribution in [2.45, 2.75) is 26.3 Å². The van der Waals surface area contributed by atoms with Crippen LogP contribution in [0.1, 0.15) is 16.7 Å². The average molecular weight is 306 g/mol. The smallest absolute Gasteiger partial charge is 0.316 e. The second-order valence-corrected chi connectivity index (χ2v) is 6.24. The molecule has 0 aliphatic carbocycles. The van der Waals surface area contributed by atoms with Crippen LogP contribution in [0.25, 0.3) is 0 Å². The maximum absolute atomic E-state index is 11.2. The maximum atomic E-state index is 11.2. The number of aryl methyl sites for hydroxylation is 1. The van der Waals surface area contributed by atoms with Gasteiger partial charge in [-0.3, -0.25) is 16.0 Å². The molecule has 7 heteroatoms. The number of hydrazine groups is 1. The first-order chi connectivity index (χ1) is 10.0. The number of nitrogens with one attached hydrogen (secondary N) is 2. The minimum absolute atomic E-state index is 0.0331. The van der Waals surface area contributed by atoms with Gasteiger partial charge in [0.1, 0.15) is 11.4 Å². The first-order valence-corrected chi connectivity index (χ1v) is 7.38. The molecule has 21 heavy (non-hydrogen) atoms. The van der Waals surface area contributed by atoms with E-state index in [1.165, 1.54) is 9.75 Å². The van der Waals surface area contributed by atoms with Gasteiger partial charge in [0.2, 0.25) is 0 Å². The Morgan fingerprint density at radius 2 is 2.05 bits per heavy atom. The van der Waals surface area contributed by atoms with Crippen LogP contribution in [0.2, 0.25) is 0 Å². The zero-order valence-corrected chi connectivity index (χ0v) is 12.7. The number of nitro benzene ring substituents is 1. The van der Waals surface area contributed by atoms with Crippen LogP contribution in [0, 0.1) is 17.0 Å². The van der Waals surface area contributed by atoms with E-state index in [1.54, 1.807) is 29.5 Å². The van der Waals surface area contributed by atoms with Crippen LogP contribution in [-0.4, -0.2) is 11.0 Å². The summed E-state index contributed by atoms with van der Waals surface area (Å²) in [4.78, 5) is 13.3. The maximum Gasteiger partial charge on any atom is 0.316 e. The minimum atomic E-state index is -0.431. The third-order valence-corrected chi connectivity index (χ3v) is 4.10. The highest BCUT2D eigenvalue weighted by Crippen LogP contribution is 2.33. The highest BCUT2D eigenvalue weighted by atomic mass is 32.1. The fourth-order valence-corrected chi connectivity index (χ4v) is 3.21. The standard InChI is InChI=1S/C14H18N4O2S/c1-9(8-11-7-6-10(2)21-11)16-12-4-3-5-13(17-15)14(12)18(19)20/h3-7,9,16-17H,8,15H2,1-2H3. The van der Waals surface area contributed by atoms with Crippen molar-refractivity contribution in [1.29, 1.82) is 0 Å². The van der Waals surface area contributed by atoms with Gasteiger partial charge in [-0.25, -0.2) is 0 Å². The van der Waals surface area contributed by atoms with Crippen molar-refractivity contribution < 1.29 is 4.92 Å². The molecule has 0 spiro atoms. The van der Waals surface area contributed by atoms with Crippen molar-refractivity contribution in [3.05, 3.63) is 50.2 Å². The molecule has 0 fully saturated rings. The lowest BCUT2D eigenvalue weighted by Crippen LogP contribution is -2.19. The number of benzene rings is 1. The van der Waals surface area contributed by atoms with Crippen molar-refractivity contribution in [3.63, 3.8) is 0 Å². The van der Waals surface area contributed by atoms with E-state index in [1.807, 2.05) is 6.92 Å². The van der Waals surface area contributed by atoms with E-state index in [0.717, 1.165) is 6.42 Å². The Morgan fingerprint density at radius 3 is 2.62 bits per heavy atom. The Morgan fingerprint density at radius 1 is 1.33 bits per heavy atom. The minimum Gasteiger partial charge on any atom is -0.377 e. The number of thiophene rings is 1. The molecule has 0 saturated carbocycles. The third kappa shape index (κ3) is 3.71. The highest BCUT2D eigenvalue weighted by molar-refractivity contribution is 7.11. The van der Waals surface area contributed by atoms with Crippen LogP contribution in [0.3, 0.4) is 0 Å². The molecule has 0 aliphatic rings. The molecule has 1 atom stereocenters. The van der Waals surface area contributed by atoms with E-state index in [9.17, 15) is 10.1 Å². The summed E-state index contributed by atoms with van der Waals surface area (Å²) in [5, 5.41) is 14.4. The molecule has 1 aromatic carbocycles. The summed E-state index contributed by atoms with van der Waals surface area (Å²) in [5.41, 5.74) is 3.10. The van der Waals surface area contributed by atoms with Gasteiger partial charge in [0, 0.05) is 22.2 Å². The van der Waals surface area contributed by atoms with Crippen molar-refractivity contribution in [2.75, 3.05) is 10.7 Å². The molecule has 1 unspecified atom stereocenters. The highest BCUT2D eigenvalue weighted by Gasteiger charge is 2.20. The first kappa shape index (κ1) is 15.3. The third-order valence-electron chi connectivity index (χ3n) is 3.08. The van der Waals surface area contributed by atoms with Crippen LogP contribution >= 0.6 is 11.3 Å². The van der Waals surface area contributed by atoms with Gasteiger partial charge < -0.3 is 10.7 Å². The molecule has 4 N–H and O–H groups in total. The molecule has 6 nitrogen and oxygen atoms in total. The van der Waals surface area contributed by atoms with Crippen LogP contribution in [0.4, 0.5) is 17.1 Å². The monoisotopic (exact) mass is 306 g/mol. The van der Waals surface area contributed by atoms with Gasteiger partial charge in [-0.1, -0.05) is 6.07 Å². The zero-order chi connectivity index (χ0) is 15.4. The predicted octanol–water partition coefficient (Wildman–Crippen LogP) is 3.29. The molecule has 0 saturated heterocycles. The van der Waals surface area contributed by atoms with Crippen LogP contribution in [0.5, 0.6) is 0 Å². The molecule has 0 radical (unpaired) electrons. The van der Waals surface area contributed by atoms with E-state index in [2.05, 4.69) is 29.8 Å². The zero-order valence-electron chi connectivity index (χ0n) is 11.9. The van der Waals surface area contributed by atoms with E-state index < -0.39 is 4.92 Å². The number of nitrogens with zero attached hydrogens (tertiary/aromatic N) is 1. The number of anilines is 2. The number of nitrogens with two attached hydrogens (primary N) is 1. The van der Waals surface area contributed by atoms with Gasteiger partial charge in [0.25, 0.3) is 0 Å². The summed E-state index contributed by atoms with van der Waals surface area (Å²) in [7, 11) is 0. The van der Waals surface area contributed by atoms with Gasteiger partial charge in [-0.2, -0.15) is 0 Å². The van der Waals surface area contributed by atoms with Crippen LogP contribution in [0.15, 0.2) is 30.3 Å². The van der Waals surface area contributed by atoms with Crippen LogP contribution in [-0.2, 0) is 6.42 Å². The van der Waals surface area contributed by atoms with Gasteiger partial charge >= 0.3 is 5.69 Å². The number of rotatable bonds is 6.